The first-order chi connectivity index (χ1) is 16.0. The molecular weight excluding hydrogens is 417 g/mol. The number of halogens is 1. The van der Waals surface area contributed by atoms with Gasteiger partial charge >= 0.3 is 0 Å². The first-order valence-corrected chi connectivity index (χ1v) is 10.4. The first-order valence-electron chi connectivity index (χ1n) is 10.4. The lowest BCUT2D eigenvalue weighted by Gasteiger charge is -2.03. The fourth-order valence-corrected chi connectivity index (χ4v) is 4.12. The van der Waals surface area contributed by atoms with Crippen LogP contribution in [0.3, 0.4) is 0 Å². The summed E-state index contributed by atoms with van der Waals surface area (Å²) in [5.74, 6) is 0.294. The van der Waals surface area contributed by atoms with Gasteiger partial charge in [-0.1, -0.05) is 6.07 Å². The van der Waals surface area contributed by atoms with Crippen molar-refractivity contribution in [2.24, 2.45) is 0 Å². The fourth-order valence-electron chi connectivity index (χ4n) is 4.12. The molecule has 0 fully saturated rings. The molecule has 0 atom stereocenters. The molecule has 0 radical (unpaired) electrons. The number of anilines is 1. The minimum Gasteiger partial charge on any atom is -0.397 e. The molecule has 0 saturated carbocycles. The Bertz CT molecular complexity index is 1640. The first kappa shape index (κ1) is 19.1. The third kappa shape index (κ3) is 3.28. The minimum atomic E-state index is -0.304. The average molecular weight is 435 g/mol. The Hall–Kier alpha value is -4.59. The number of hydrogen-bond donors (Lipinski definition) is 3. The van der Waals surface area contributed by atoms with Crippen molar-refractivity contribution in [2.75, 3.05) is 5.73 Å². The summed E-state index contributed by atoms with van der Waals surface area (Å²) in [6, 6.07) is 14.6. The monoisotopic (exact) mass is 435 g/mol. The maximum atomic E-state index is 14.0. The number of nitrogens with one attached hydrogen (secondary N) is 2. The van der Waals surface area contributed by atoms with Gasteiger partial charge in [0.15, 0.2) is 5.82 Å². The van der Waals surface area contributed by atoms with Gasteiger partial charge in [-0.3, -0.25) is 15.1 Å². The van der Waals surface area contributed by atoms with Gasteiger partial charge in [0.05, 0.1) is 22.4 Å². The van der Waals surface area contributed by atoms with Gasteiger partial charge in [-0.15, -0.1) is 0 Å². The molecule has 7 nitrogen and oxygen atoms in total. The number of nitrogen functional groups attached to an aromatic ring is 1. The molecule has 0 amide bonds. The molecule has 0 unspecified atom stereocenters. The van der Waals surface area contributed by atoms with E-state index in [4.69, 9.17) is 10.7 Å². The van der Waals surface area contributed by atoms with Gasteiger partial charge in [0, 0.05) is 35.1 Å². The molecule has 6 rings (SSSR count). The number of aromatic amines is 2. The van der Waals surface area contributed by atoms with E-state index in [0.29, 0.717) is 34.0 Å². The van der Waals surface area contributed by atoms with E-state index in [2.05, 4.69) is 25.1 Å². The Morgan fingerprint density at radius 1 is 0.879 bits per heavy atom. The van der Waals surface area contributed by atoms with Crippen LogP contribution < -0.4 is 5.73 Å². The normalized spacial score (nSPS) is 11.5. The van der Waals surface area contributed by atoms with E-state index in [0.717, 1.165) is 33.1 Å². The largest absolute Gasteiger partial charge is 0.397 e. The molecule has 4 N–H and O–H groups in total. The quantitative estimate of drug-likeness (QED) is 0.351. The predicted octanol–water partition coefficient (Wildman–Crippen LogP) is 5.26. The van der Waals surface area contributed by atoms with Crippen LogP contribution in [0.1, 0.15) is 5.56 Å². The molecular formula is C25H18FN7. The summed E-state index contributed by atoms with van der Waals surface area (Å²) in [5, 5.41) is 8.48. The van der Waals surface area contributed by atoms with Crippen molar-refractivity contribution >= 4 is 27.6 Å². The van der Waals surface area contributed by atoms with Crippen molar-refractivity contribution in [1.29, 1.82) is 0 Å². The molecule has 4 heterocycles. The van der Waals surface area contributed by atoms with E-state index in [-0.39, 0.29) is 5.82 Å². The van der Waals surface area contributed by atoms with Crippen LogP contribution in [0.25, 0.3) is 55.8 Å². The smallest absolute Gasteiger partial charge is 0.159 e. The zero-order valence-electron chi connectivity index (χ0n) is 17.6. The molecule has 4 aromatic heterocycles. The summed E-state index contributed by atoms with van der Waals surface area (Å²) >= 11 is 0. The van der Waals surface area contributed by atoms with Crippen molar-refractivity contribution in [3.63, 3.8) is 0 Å². The summed E-state index contributed by atoms with van der Waals surface area (Å²) in [7, 11) is 0. The minimum absolute atomic E-state index is 0.304. The Labute approximate surface area is 187 Å². The highest BCUT2D eigenvalue weighted by Crippen LogP contribution is 2.33. The van der Waals surface area contributed by atoms with E-state index < -0.39 is 0 Å². The van der Waals surface area contributed by atoms with Crippen LogP contribution in [0.4, 0.5) is 10.1 Å². The Morgan fingerprint density at radius 2 is 1.79 bits per heavy atom. The molecule has 0 saturated heterocycles. The van der Waals surface area contributed by atoms with Crippen LogP contribution in [-0.2, 0) is 0 Å². The van der Waals surface area contributed by atoms with Crippen LogP contribution in [-0.4, -0.2) is 30.1 Å². The lowest BCUT2D eigenvalue weighted by molar-refractivity contribution is 0.627. The zero-order valence-corrected chi connectivity index (χ0v) is 17.6. The van der Waals surface area contributed by atoms with Crippen molar-refractivity contribution in [3.05, 3.63) is 78.5 Å². The molecule has 2 aromatic carbocycles. The van der Waals surface area contributed by atoms with Crippen molar-refractivity contribution in [2.45, 2.75) is 6.92 Å². The fraction of sp³-hybridized carbons (Fsp3) is 0.0400. The van der Waals surface area contributed by atoms with Gasteiger partial charge < -0.3 is 10.7 Å². The summed E-state index contributed by atoms with van der Waals surface area (Å²) in [6.45, 7) is 1.85. The van der Waals surface area contributed by atoms with Crippen LogP contribution in [0, 0.1) is 12.7 Å². The molecule has 0 bridgehead atoms. The van der Waals surface area contributed by atoms with Gasteiger partial charge in [-0.25, -0.2) is 9.37 Å². The lowest BCUT2D eigenvalue weighted by Crippen LogP contribution is -1.88. The van der Waals surface area contributed by atoms with Crippen molar-refractivity contribution < 1.29 is 4.39 Å². The summed E-state index contributed by atoms with van der Waals surface area (Å²) in [4.78, 5) is 16.8. The number of benzene rings is 2. The van der Waals surface area contributed by atoms with E-state index >= 15 is 0 Å². The number of rotatable bonds is 3. The lowest BCUT2D eigenvalue weighted by atomic mass is 10.0. The molecule has 160 valence electrons. The van der Waals surface area contributed by atoms with E-state index in [9.17, 15) is 4.39 Å². The number of fused-ring (bicyclic) bond motifs is 2. The maximum Gasteiger partial charge on any atom is 0.159 e. The van der Waals surface area contributed by atoms with Crippen LogP contribution in [0.15, 0.2) is 67.1 Å². The molecule has 33 heavy (non-hydrogen) atoms. The number of aryl methyl sites for hydroxylation is 1. The Kier molecular flexibility index (Phi) is 4.19. The predicted molar refractivity (Wildman–Crippen MR) is 127 cm³/mol. The number of imidazole rings is 1. The Balaban J connectivity index is 1.51. The van der Waals surface area contributed by atoms with Gasteiger partial charge in [0.2, 0.25) is 0 Å². The number of nitrogens with two attached hydrogens (primary N) is 1. The maximum absolute atomic E-state index is 14.0. The van der Waals surface area contributed by atoms with Gasteiger partial charge in [0.25, 0.3) is 0 Å². The topological polar surface area (TPSA) is 109 Å². The molecule has 0 aliphatic heterocycles. The number of aromatic nitrogens is 6. The summed E-state index contributed by atoms with van der Waals surface area (Å²) < 4.78 is 14.0. The second-order valence-electron chi connectivity index (χ2n) is 8.00. The number of H-pyrrole nitrogens is 2. The van der Waals surface area contributed by atoms with Crippen LogP contribution >= 0.6 is 0 Å². The Morgan fingerprint density at radius 3 is 2.64 bits per heavy atom. The molecule has 0 aliphatic carbocycles. The third-order valence-electron chi connectivity index (χ3n) is 5.60. The molecule has 0 spiro atoms. The van der Waals surface area contributed by atoms with Crippen molar-refractivity contribution in [3.8, 4) is 33.9 Å². The molecule has 0 aliphatic rings. The van der Waals surface area contributed by atoms with Gasteiger partial charge in [-0.2, -0.15) is 5.10 Å². The van der Waals surface area contributed by atoms with Gasteiger partial charge in [-0.05, 0) is 60.5 Å². The number of nitrogens with zero attached hydrogens (tertiary/aromatic N) is 4. The van der Waals surface area contributed by atoms with Crippen LogP contribution in [0.2, 0.25) is 0 Å². The van der Waals surface area contributed by atoms with Crippen molar-refractivity contribution in [1.82, 2.24) is 30.1 Å². The van der Waals surface area contributed by atoms with Gasteiger partial charge in [0.1, 0.15) is 17.0 Å². The highest BCUT2D eigenvalue weighted by molar-refractivity contribution is 5.97. The van der Waals surface area contributed by atoms with Crippen LogP contribution in [0.5, 0.6) is 0 Å². The second kappa shape index (κ2) is 7.23. The summed E-state index contributed by atoms with van der Waals surface area (Å²) in [5.41, 5.74) is 13.5. The molecule has 8 heteroatoms. The SMILES string of the molecule is Cc1cc(F)cc(-c2nccc3[nH]c(-c4n[nH]c5ccc(-c6cncc(N)c6)cc45)nc23)c1. The zero-order chi connectivity index (χ0) is 22.5. The summed E-state index contributed by atoms with van der Waals surface area (Å²) in [6.07, 6.45) is 5.08. The average Bonchev–Trinajstić information content (AvgIpc) is 3.41. The standard InChI is InChI=1S/C25H18FN7/c1-13-6-15(8-17(26)7-13)22-24-21(4-5-29-22)30-25(31-24)23-19-10-14(2-3-20(19)32-33-23)16-9-18(27)12-28-11-16/h2-12H,27H2,1H3,(H,30,31)(H,32,33). The highest BCUT2D eigenvalue weighted by Gasteiger charge is 2.17. The molecule has 6 aromatic rings. The van der Waals surface area contributed by atoms with E-state index in [1.807, 2.05) is 43.3 Å². The second-order valence-corrected chi connectivity index (χ2v) is 8.00. The highest BCUT2D eigenvalue weighted by atomic mass is 19.1. The third-order valence-corrected chi connectivity index (χ3v) is 5.60. The number of hydrogen-bond acceptors (Lipinski definition) is 5. The number of pyridine rings is 2. The van der Waals surface area contributed by atoms with E-state index in [1.165, 1.54) is 12.1 Å². The van der Waals surface area contributed by atoms with E-state index in [1.54, 1.807) is 18.6 Å².